The molecule has 6 aliphatic rings. The second kappa shape index (κ2) is 27.3. The van der Waals surface area contributed by atoms with Crippen LogP contribution in [0.4, 0.5) is 0 Å². The molecule has 6 fully saturated rings. The number of nitrogens with two attached hydrogens (primary N) is 1. The summed E-state index contributed by atoms with van der Waals surface area (Å²) in [4.78, 5) is 31.8. The Bertz CT molecular complexity index is 1010. The average Bonchev–Trinajstić information content (AvgIpc) is 3.88. The molecule has 4 aliphatic carbocycles. The molecular formula is C43H87N5O7. The molecule has 2 amide bonds. The summed E-state index contributed by atoms with van der Waals surface area (Å²) >= 11 is 0. The summed E-state index contributed by atoms with van der Waals surface area (Å²) in [6.07, 6.45) is 17.9. The van der Waals surface area contributed by atoms with E-state index >= 15 is 0 Å². The number of hydrogen-bond donors (Lipinski definition) is 5. The fourth-order valence-corrected chi connectivity index (χ4v) is 10.9. The van der Waals surface area contributed by atoms with Crippen molar-refractivity contribution in [1.82, 2.24) is 20.2 Å². The normalized spacial score (nSPS) is 33.3. The number of methoxy groups -OCH3 is 1. The molecule has 0 aromatic heterocycles. The molecule has 326 valence electrons. The Morgan fingerprint density at radius 2 is 1.67 bits per heavy atom. The van der Waals surface area contributed by atoms with Gasteiger partial charge in [0.2, 0.25) is 12.3 Å². The van der Waals surface area contributed by atoms with Gasteiger partial charge in [0.1, 0.15) is 0 Å². The average molecular weight is 786 g/mol. The maximum absolute atomic E-state index is 12.5. The molecule has 6 rings (SSSR count). The van der Waals surface area contributed by atoms with Gasteiger partial charge in [0, 0.05) is 66.0 Å². The van der Waals surface area contributed by atoms with Gasteiger partial charge in [0.05, 0.1) is 12.7 Å². The first-order valence-electron chi connectivity index (χ1n) is 21.5. The van der Waals surface area contributed by atoms with Crippen LogP contribution in [0, 0.1) is 46.3 Å². The van der Waals surface area contributed by atoms with Gasteiger partial charge in [-0.25, -0.2) is 0 Å². The molecule has 9 atom stereocenters. The topological polar surface area (TPSA) is 161 Å². The molecule has 12 heteroatoms. The van der Waals surface area contributed by atoms with E-state index in [-0.39, 0.29) is 24.3 Å². The number of nitrogens with zero attached hydrogens (tertiary/aromatic N) is 3. The first-order valence-corrected chi connectivity index (χ1v) is 21.5. The van der Waals surface area contributed by atoms with Gasteiger partial charge < -0.3 is 40.9 Å². The molecule has 0 spiro atoms. The lowest BCUT2D eigenvalue weighted by Gasteiger charge is -2.67. The van der Waals surface area contributed by atoms with Crippen molar-refractivity contribution in [3.8, 4) is 0 Å². The van der Waals surface area contributed by atoms with Crippen molar-refractivity contribution in [2.75, 3.05) is 88.4 Å². The lowest BCUT2D eigenvalue weighted by molar-refractivity contribution is -0.172. The van der Waals surface area contributed by atoms with E-state index in [0.29, 0.717) is 41.7 Å². The molecule has 55 heavy (non-hydrogen) atoms. The van der Waals surface area contributed by atoms with Crippen molar-refractivity contribution in [2.24, 2.45) is 52.1 Å². The Labute approximate surface area is 336 Å². The van der Waals surface area contributed by atoms with Gasteiger partial charge in [-0.05, 0) is 152 Å². The van der Waals surface area contributed by atoms with Crippen LogP contribution in [0.15, 0.2) is 0 Å². The molecule has 2 heterocycles. The van der Waals surface area contributed by atoms with Crippen molar-refractivity contribution in [1.29, 1.82) is 0 Å². The van der Waals surface area contributed by atoms with E-state index in [0.717, 1.165) is 70.9 Å². The second-order valence-corrected chi connectivity index (χ2v) is 17.9. The summed E-state index contributed by atoms with van der Waals surface area (Å²) < 4.78 is 6.15. The molecule has 12 nitrogen and oxygen atoms in total. The van der Waals surface area contributed by atoms with Crippen LogP contribution < -0.4 is 11.1 Å². The Hall–Kier alpha value is -1.38. The Morgan fingerprint density at radius 3 is 2.11 bits per heavy atom. The molecule has 0 radical (unpaired) electrons. The van der Waals surface area contributed by atoms with E-state index in [1.807, 2.05) is 7.11 Å². The van der Waals surface area contributed by atoms with Crippen LogP contribution >= 0.6 is 0 Å². The summed E-state index contributed by atoms with van der Waals surface area (Å²) in [5, 5.41) is 27.6. The third kappa shape index (κ3) is 16.1. The first-order chi connectivity index (χ1) is 26.4. The fourth-order valence-electron chi connectivity index (χ4n) is 10.9. The lowest BCUT2D eigenvalue weighted by Crippen LogP contribution is -2.58. The molecular weight excluding hydrogens is 699 g/mol. The molecule has 0 aromatic carbocycles. The van der Waals surface area contributed by atoms with E-state index in [1.54, 1.807) is 7.05 Å². The van der Waals surface area contributed by atoms with Crippen LogP contribution in [0.1, 0.15) is 118 Å². The highest BCUT2D eigenvalue weighted by atomic mass is 16.7. The Morgan fingerprint density at radius 1 is 1.02 bits per heavy atom. The number of fused-ring (bicyclic) bond motifs is 1. The number of primary amides is 1. The van der Waals surface area contributed by atoms with E-state index in [2.05, 4.69) is 67.7 Å². The fraction of sp³-hybridized carbons (Fsp3) is 0.953. The maximum atomic E-state index is 12.5. The highest BCUT2D eigenvalue weighted by molar-refractivity contribution is 5.78. The highest BCUT2D eigenvalue weighted by Gasteiger charge is 2.60. The number of amides is 2. The standard InChI is InChI=1S/C23H43N3O3.C9H16.C8H17NO.CH3NO.2CH4O/c1-6-16-13-26(29-15-16)14-17-8-7-9-21(22(17)28-5)18-10-19(23(27)24-2)12-20(11-18)25(3)4;1-8(2)6-9(3)5-4-7(8)9;10-8-4-3-7-9-5-1-2-6-9;2-1-3;2*1-2/h16-22H,6-15H2,1-5H3,(H,24,27);7H,4-6H2,1-3H3;10H,1-8H2;1H,(H2,2,3);2*2H,1H3/t;7?,9-;;;;/m.0..../s1. The zero-order valence-electron chi connectivity index (χ0n) is 36.9. The maximum Gasteiger partial charge on any atom is 0.222 e. The Kier molecular flexibility index (Phi) is 25.7. The van der Waals surface area contributed by atoms with Crippen LogP contribution in [0.3, 0.4) is 0 Å². The van der Waals surface area contributed by atoms with Crippen molar-refractivity contribution < 1.29 is 34.5 Å². The van der Waals surface area contributed by atoms with Crippen molar-refractivity contribution in [2.45, 2.75) is 130 Å². The second-order valence-electron chi connectivity index (χ2n) is 17.9. The molecule has 0 aromatic rings. The number of ether oxygens (including phenoxy) is 1. The third-order valence-electron chi connectivity index (χ3n) is 13.6. The minimum Gasteiger partial charge on any atom is -0.400 e. The third-order valence-corrected chi connectivity index (χ3v) is 13.6. The van der Waals surface area contributed by atoms with E-state index in [4.69, 9.17) is 29.7 Å². The summed E-state index contributed by atoms with van der Waals surface area (Å²) in [6.45, 7) is 16.5. The quantitative estimate of drug-likeness (QED) is 0.146. The van der Waals surface area contributed by atoms with Gasteiger partial charge in [0.15, 0.2) is 0 Å². The highest BCUT2D eigenvalue weighted by Crippen LogP contribution is 2.69. The minimum absolute atomic E-state index is 0.122. The smallest absolute Gasteiger partial charge is 0.222 e. The van der Waals surface area contributed by atoms with Gasteiger partial charge in [-0.1, -0.05) is 34.1 Å². The molecule has 2 aliphatic heterocycles. The predicted octanol–water partition coefficient (Wildman–Crippen LogP) is 4.79. The summed E-state index contributed by atoms with van der Waals surface area (Å²) in [5.74, 6) is 3.68. The zero-order chi connectivity index (χ0) is 41.6. The van der Waals surface area contributed by atoms with Crippen molar-refractivity contribution >= 4 is 12.3 Å². The number of nitrogens with one attached hydrogen (secondary N) is 1. The number of aliphatic hydroxyl groups excluding tert-OH is 3. The number of hydrogen-bond acceptors (Lipinski definition) is 10. The van der Waals surface area contributed by atoms with Gasteiger partial charge in [0.25, 0.3) is 0 Å². The van der Waals surface area contributed by atoms with Gasteiger partial charge in [-0.15, -0.1) is 0 Å². The largest absolute Gasteiger partial charge is 0.400 e. The van der Waals surface area contributed by atoms with Crippen molar-refractivity contribution in [3.63, 3.8) is 0 Å². The summed E-state index contributed by atoms with van der Waals surface area (Å²) in [6, 6.07) is 0.473. The van der Waals surface area contributed by atoms with Crippen LogP contribution in [0.2, 0.25) is 0 Å². The number of likely N-dealkylation sites (tertiary alicyclic amines) is 1. The Balaban J connectivity index is 0.000000470. The molecule has 8 unspecified atom stereocenters. The molecule has 2 saturated heterocycles. The molecule has 6 N–H and O–H groups in total. The summed E-state index contributed by atoms with van der Waals surface area (Å²) in [5.41, 5.74) is 5.66. The number of aliphatic hydroxyl groups is 3. The predicted molar refractivity (Wildman–Crippen MR) is 223 cm³/mol. The van der Waals surface area contributed by atoms with E-state index in [9.17, 15) is 4.79 Å². The van der Waals surface area contributed by atoms with Gasteiger partial charge in [-0.2, -0.15) is 5.06 Å². The molecule has 0 bridgehead atoms. The van der Waals surface area contributed by atoms with Gasteiger partial charge >= 0.3 is 0 Å². The summed E-state index contributed by atoms with van der Waals surface area (Å²) in [7, 11) is 9.96. The number of hydroxylamine groups is 2. The van der Waals surface area contributed by atoms with Crippen LogP contribution in [-0.4, -0.2) is 143 Å². The molecule has 4 saturated carbocycles. The van der Waals surface area contributed by atoms with Gasteiger partial charge in [-0.3, -0.25) is 14.4 Å². The van der Waals surface area contributed by atoms with E-state index < -0.39 is 0 Å². The number of unbranched alkanes of at least 4 members (excludes halogenated alkanes) is 1. The van der Waals surface area contributed by atoms with Crippen LogP contribution in [0.25, 0.3) is 0 Å². The number of carbonyl (C=O) groups excluding carboxylic acids is 2. The van der Waals surface area contributed by atoms with Crippen LogP contribution in [0.5, 0.6) is 0 Å². The van der Waals surface area contributed by atoms with Crippen molar-refractivity contribution in [3.05, 3.63) is 0 Å². The number of carbonyl (C=O) groups is 2. The SMILES string of the molecule is CC1(C)C[C@]2(C)CCC12.CCC1CON(CC2CCCC(C3CC(C(=O)NC)CC(N(C)C)C3)C2OC)C1.CO.CO.NC=O.OCCCCN1CCCC1. The lowest BCUT2D eigenvalue weighted by atomic mass is 9.38. The minimum atomic E-state index is 0.122. The zero-order valence-corrected chi connectivity index (χ0v) is 36.9. The number of rotatable bonds is 11. The van der Waals surface area contributed by atoms with Crippen LogP contribution in [-0.2, 0) is 19.2 Å². The monoisotopic (exact) mass is 786 g/mol. The van der Waals surface area contributed by atoms with E-state index in [1.165, 1.54) is 83.8 Å². The first kappa shape index (κ1) is 51.6.